The Morgan fingerprint density at radius 3 is 2.47 bits per heavy atom. The predicted molar refractivity (Wildman–Crippen MR) is 159 cm³/mol. The Kier molecular flexibility index (Phi) is 9.56. The van der Waals surface area contributed by atoms with Crippen LogP contribution in [-0.4, -0.2) is 41.0 Å². The number of nitrogens with zero attached hydrogens (tertiary/aromatic N) is 4. The third kappa shape index (κ3) is 7.21. The van der Waals surface area contributed by atoms with Crippen LogP contribution >= 0.6 is 0 Å². The summed E-state index contributed by atoms with van der Waals surface area (Å²) < 4.78 is 14.5. The fraction of sp³-hybridized carbons (Fsp3) is 0.594. The highest BCUT2D eigenvalue weighted by Crippen LogP contribution is 2.33. The summed E-state index contributed by atoms with van der Waals surface area (Å²) in [5, 5.41) is 3.76. The average molecular weight is 520 g/mol. The third-order valence-electron chi connectivity index (χ3n) is 8.28. The Bertz CT molecular complexity index is 1160. The van der Waals surface area contributed by atoms with Crippen molar-refractivity contribution in [1.29, 1.82) is 0 Å². The molecule has 0 radical (unpaired) electrons. The van der Waals surface area contributed by atoms with Gasteiger partial charge in [0.05, 0.1) is 28.6 Å². The number of halogens is 1. The second-order valence-electron chi connectivity index (χ2n) is 11.6. The molecule has 1 saturated carbocycles. The number of hydrogen-bond donors (Lipinski definition) is 1. The molecular formula is C32H46FN5. The predicted octanol–water partition coefficient (Wildman–Crippen LogP) is 7.72. The summed E-state index contributed by atoms with van der Waals surface area (Å²) in [4.78, 5) is 16.4. The smallest absolute Gasteiger partial charge is 0.146 e. The molecule has 1 aliphatic heterocycles. The fourth-order valence-electron chi connectivity index (χ4n) is 5.83. The molecule has 4 rings (SSSR count). The van der Waals surface area contributed by atoms with Crippen molar-refractivity contribution in [2.24, 2.45) is 10.9 Å². The van der Waals surface area contributed by atoms with Gasteiger partial charge >= 0.3 is 0 Å². The minimum Gasteiger partial charge on any atom is -0.381 e. The van der Waals surface area contributed by atoms with Gasteiger partial charge in [-0.15, -0.1) is 0 Å². The van der Waals surface area contributed by atoms with Crippen LogP contribution in [0.2, 0.25) is 0 Å². The van der Waals surface area contributed by atoms with Crippen molar-refractivity contribution < 1.29 is 4.39 Å². The molecule has 2 aliphatic rings. The first-order valence-electron chi connectivity index (χ1n) is 14.6. The molecule has 6 heteroatoms. The second kappa shape index (κ2) is 12.9. The molecule has 1 N–H and O–H groups in total. The molecule has 2 fully saturated rings. The molecule has 0 amide bonds. The Morgan fingerprint density at radius 2 is 1.82 bits per heavy atom. The van der Waals surface area contributed by atoms with Crippen LogP contribution in [0.4, 0.5) is 10.1 Å². The van der Waals surface area contributed by atoms with E-state index in [9.17, 15) is 4.39 Å². The first kappa shape index (κ1) is 28.3. The minimum absolute atomic E-state index is 0.415. The quantitative estimate of drug-likeness (QED) is 0.345. The van der Waals surface area contributed by atoms with E-state index in [1.807, 2.05) is 25.5 Å². The van der Waals surface area contributed by atoms with Crippen LogP contribution in [-0.2, 0) is 6.42 Å². The van der Waals surface area contributed by atoms with Crippen LogP contribution in [0, 0.1) is 5.92 Å². The molecule has 0 bridgehead atoms. The van der Waals surface area contributed by atoms with Crippen molar-refractivity contribution in [3.8, 4) is 0 Å². The SMILES string of the molecule is C\C=C(/N=C\C(NC1CCC(Cc2cc(N3CCCCC3)cc3nccnc23)CC1)=C(/C)CC)C(C)(C)F. The number of nitrogens with one attached hydrogen (secondary N) is 1. The molecule has 1 aromatic heterocycles. The van der Waals surface area contributed by atoms with Gasteiger partial charge in [0.15, 0.2) is 0 Å². The summed E-state index contributed by atoms with van der Waals surface area (Å²) in [5.41, 5.74) is 6.03. The van der Waals surface area contributed by atoms with E-state index in [-0.39, 0.29) is 0 Å². The topological polar surface area (TPSA) is 53.4 Å². The molecule has 1 saturated heterocycles. The highest BCUT2D eigenvalue weighted by Gasteiger charge is 2.24. The molecule has 206 valence electrons. The van der Waals surface area contributed by atoms with Crippen LogP contribution in [0.5, 0.6) is 0 Å². The van der Waals surface area contributed by atoms with E-state index in [0.717, 1.165) is 55.5 Å². The van der Waals surface area contributed by atoms with Crippen LogP contribution in [0.25, 0.3) is 11.0 Å². The number of alkyl halides is 1. The first-order valence-corrected chi connectivity index (χ1v) is 14.6. The minimum atomic E-state index is -1.45. The summed E-state index contributed by atoms with van der Waals surface area (Å²) >= 11 is 0. The number of fused-ring (bicyclic) bond motifs is 1. The largest absolute Gasteiger partial charge is 0.381 e. The van der Waals surface area contributed by atoms with Crippen molar-refractivity contribution in [3.63, 3.8) is 0 Å². The molecule has 0 spiro atoms. The number of piperidine rings is 1. The van der Waals surface area contributed by atoms with Gasteiger partial charge in [-0.05, 0) is 115 Å². The van der Waals surface area contributed by atoms with E-state index in [2.05, 4.69) is 46.2 Å². The van der Waals surface area contributed by atoms with Crippen LogP contribution in [0.1, 0.15) is 91.5 Å². The normalized spacial score (nSPS) is 22.2. The molecule has 2 aromatic rings. The van der Waals surface area contributed by atoms with Gasteiger partial charge in [-0.2, -0.15) is 0 Å². The van der Waals surface area contributed by atoms with Gasteiger partial charge in [-0.25, -0.2) is 4.39 Å². The number of benzene rings is 1. The van der Waals surface area contributed by atoms with E-state index in [4.69, 9.17) is 4.98 Å². The van der Waals surface area contributed by atoms with Crippen molar-refractivity contribution in [3.05, 3.63) is 53.1 Å². The lowest BCUT2D eigenvalue weighted by molar-refractivity contribution is 0.266. The van der Waals surface area contributed by atoms with Gasteiger partial charge in [0.1, 0.15) is 5.67 Å². The van der Waals surface area contributed by atoms with Gasteiger partial charge in [0.25, 0.3) is 0 Å². The lowest BCUT2D eigenvalue weighted by atomic mass is 9.82. The van der Waals surface area contributed by atoms with Gasteiger partial charge in [0.2, 0.25) is 0 Å². The Morgan fingerprint density at radius 1 is 1.11 bits per heavy atom. The molecule has 5 nitrogen and oxygen atoms in total. The molecule has 1 aliphatic carbocycles. The van der Waals surface area contributed by atoms with Crippen molar-refractivity contribution in [2.75, 3.05) is 18.0 Å². The summed E-state index contributed by atoms with van der Waals surface area (Å²) in [5.74, 6) is 0.644. The number of allylic oxidation sites excluding steroid dienone is 4. The van der Waals surface area contributed by atoms with Crippen molar-refractivity contribution in [1.82, 2.24) is 15.3 Å². The Labute approximate surface area is 228 Å². The van der Waals surface area contributed by atoms with Crippen LogP contribution < -0.4 is 10.2 Å². The van der Waals surface area contributed by atoms with Crippen molar-refractivity contribution in [2.45, 2.75) is 104 Å². The lowest BCUT2D eigenvalue weighted by Crippen LogP contribution is -2.34. The van der Waals surface area contributed by atoms with Crippen molar-refractivity contribution >= 4 is 22.9 Å². The highest BCUT2D eigenvalue weighted by molar-refractivity contribution is 5.82. The zero-order chi connectivity index (χ0) is 27.1. The highest BCUT2D eigenvalue weighted by atomic mass is 19.1. The summed E-state index contributed by atoms with van der Waals surface area (Å²) in [7, 11) is 0. The number of hydrogen-bond acceptors (Lipinski definition) is 5. The zero-order valence-electron chi connectivity index (χ0n) is 24.1. The number of aromatic nitrogens is 2. The van der Waals surface area contributed by atoms with E-state index in [0.29, 0.717) is 17.7 Å². The van der Waals surface area contributed by atoms with E-state index in [1.54, 1.807) is 19.9 Å². The molecule has 38 heavy (non-hydrogen) atoms. The maximum absolute atomic E-state index is 14.5. The number of rotatable bonds is 9. The van der Waals surface area contributed by atoms with E-state index < -0.39 is 5.67 Å². The monoisotopic (exact) mass is 519 g/mol. The molecule has 0 atom stereocenters. The first-order chi connectivity index (χ1) is 18.3. The zero-order valence-corrected chi connectivity index (χ0v) is 24.1. The molecule has 2 heterocycles. The number of aliphatic imine (C=N–C) groups is 1. The lowest BCUT2D eigenvalue weighted by Gasteiger charge is -2.32. The summed E-state index contributed by atoms with van der Waals surface area (Å²) in [6.45, 7) is 11.5. The van der Waals surface area contributed by atoms with E-state index in [1.165, 1.54) is 48.9 Å². The summed E-state index contributed by atoms with van der Waals surface area (Å²) in [6, 6.07) is 5.03. The standard InChI is InChI=1S/C32H46FN5/c1-6-23(3)29(22-36-30(7-2)32(4,5)33)37-26-13-11-24(12-14-26)19-25-20-27(38-17-9-8-10-18-38)21-28-31(25)35-16-15-34-28/h7,15-16,20-22,24,26,37H,6,8-14,17-19H2,1-5H3/b29-23-,30-7-,36-22-. The maximum atomic E-state index is 14.5. The Balaban J connectivity index is 1.42. The maximum Gasteiger partial charge on any atom is 0.146 e. The number of anilines is 1. The van der Waals surface area contributed by atoms with Crippen LogP contribution in [0.3, 0.4) is 0 Å². The van der Waals surface area contributed by atoms with E-state index >= 15 is 0 Å². The van der Waals surface area contributed by atoms with Gasteiger partial charge in [0, 0.05) is 37.2 Å². The van der Waals surface area contributed by atoms with Gasteiger partial charge < -0.3 is 10.2 Å². The molecule has 1 aromatic carbocycles. The fourth-order valence-corrected chi connectivity index (χ4v) is 5.83. The average Bonchev–Trinajstić information content (AvgIpc) is 2.93. The third-order valence-corrected chi connectivity index (χ3v) is 8.28. The van der Waals surface area contributed by atoms with Gasteiger partial charge in [-0.1, -0.05) is 13.0 Å². The van der Waals surface area contributed by atoms with Crippen LogP contribution in [0.15, 0.2) is 52.6 Å². The second-order valence-corrected chi connectivity index (χ2v) is 11.6. The summed E-state index contributed by atoms with van der Waals surface area (Å²) in [6.07, 6.45) is 17.7. The molecular weight excluding hydrogens is 473 g/mol. The molecule has 0 unspecified atom stereocenters. The van der Waals surface area contributed by atoms with Gasteiger partial charge in [-0.3, -0.25) is 15.0 Å². The Hall–Kier alpha value is -2.76.